The Bertz CT molecular complexity index is 7100. The van der Waals surface area contributed by atoms with Crippen molar-refractivity contribution in [3.63, 3.8) is 0 Å². The van der Waals surface area contributed by atoms with Gasteiger partial charge in [0.2, 0.25) is 0 Å². The summed E-state index contributed by atoms with van der Waals surface area (Å²) in [6, 6.07) is 118. The van der Waals surface area contributed by atoms with Crippen molar-refractivity contribution >= 4 is 217 Å². The Morgan fingerprint density at radius 3 is 1.24 bits per heavy atom. The third kappa shape index (κ3) is 7.25. The van der Waals surface area contributed by atoms with Crippen LogP contribution < -0.4 is 25.7 Å². The van der Waals surface area contributed by atoms with E-state index in [1.807, 2.05) is 24.3 Å². The molecule has 0 aliphatic carbocycles. The van der Waals surface area contributed by atoms with Gasteiger partial charge in [0.15, 0.2) is 7.14 Å². The van der Waals surface area contributed by atoms with E-state index in [9.17, 15) is 0 Å². The van der Waals surface area contributed by atoms with E-state index in [2.05, 4.69) is 296 Å². The molecule has 3 nitrogen and oxygen atoms in total. The van der Waals surface area contributed by atoms with Gasteiger partial charge in [-0.15, -0.1) is 0 Å². The summed E-state index contributed by atoms with van der Waals surface area (Å²) in [6.45, 7) is 0. The van der Waals surface area contributed by atoms with Crippen molar-refractivity contribution in [2.45, 2.75) is 0 Å². The van der Waals surface area contributed by atoms with Gasteiger partial charge >= 0.3 is 396 Å². The van der Waals surface area contributed by atoms with Gasteiger partial charge in [0.25, 0.3) is 0 Å². The summed E-state index contributed by atoms with van der Waals surface area (Å²) in [4.78, 5) is 5.38. The first kappa shape index (κ1) is 53.3. The van der Waals surface area contributed by atoms with Crippen LogP contribution >= 0.6 is 7.14 Å². The van der Waals surface area contributed by atoms with Crippen LogP contribution in [0.3, 0.4) is 0 Å². The van der Waals surface area contributed by atoms with Crippen molar-refractivity contribution in [1.82, 2.24) is 9.55 Å². The van der Waals surface area contributed by atoms with E-state index >= 15 is 4.57 Å². The van der Waals surface area contributed by atoms with Crippen LogP contribution in [0.4, 0.5) is 0 Å². The van der Waals surface area contributed by atoms with Crippen LogP contribution in [0.5, 0.6) is 0 Å². The van der Waals surface area contributed by atoms with E-state index in [0.717, 1.165) is 59.2 Å². The molecule has 444 valence electrons. The molecule has 0 N–H and O–H groups in total. The standard InChI is InChI=1S/C57H31NOP.C18H12N.C16H9.Po.H/c59-60(51-32-23-33-5-1-2-10-48(33)58-51,49-30-21-39-14-12-35-7-4-9-37-19-28-46(49)56(39)53(35)37)50-31-22-41-18-27-45-43(25-16-40-20-29-47(50)57(41)55(40)45)42-24-15-38-13-11-34-6-3-8-36-17-26-44(42)54(38)52(34)36;1-2-8-14(9-3-1)19-17-12-6-4-10-15(17)16-11-5-7-13-18(16)19;1-3-11-7-9-13-5-2-6-14-10-8-12(4-1)15(11)16(13)14;;/h1-5,7-32H;1-6,8-13H;1-5,7-10H;;. The number of pyridine rings is 1. The molecule has 0 fully saturated rings. The molecule has 0 aliphatic heterocycles. The van der Waals surface area contributed by atoms with Gasteiger partial charge < -0.3 is 4.57 Å². The summed E-state index contributed by atoms with van der Waals surface area (Å²) in [6.07, 6.45) is 0. The predicted octanol–water partition coefficient (Wildman–Crippen LogP) is 20.5. The molecule has 96 heavy (non-hydrogen) atoms. The van der Waals surface area contributed by atoms with Crippen molar-refractivity contribution < 1.29 is 4.57 Å². The Kier molecular flexibility index (Phi) is 11.0. The number of benzene rings is 20. The molecule has 2 heterocycles. The Morgan fingerprint density at radius 1 is 0.271 bits per heavy atom. The zero-order valence-electron chi connectivity index (χ0n) is 51.7. The molecular formula is C91H53N2OPPo. The van der Waals surface area contributed by atoms with Crippen LogP contribution in [-0.2, 0) is 4.57 Å². The van der Waals surface area contributed by atoms with Gasteiger partial charge in [-0.1, -0.05) is 72.8 Å². The fourth-order valence-electron chi connectivity index (χ4n) is 17.4. The molecule has 0 amide bonds. The second kappa shape index (κ2) is 19.7. The maximum absolute atomic E-state index is 17.6. The Labute approximate surface area is 558 Å². The summed E-state index contributed by atoms with van der Waals surface area (Å²) >= 11 is -3.43. The van der Waals surface area contributed by atoms with Crippen molar-refractivity contribution in [3.8, 4) is 16.8 Å². The second-order valence-electron chi connectivity index (χ2n) is 26.3. The quantitative estimate of drug-likeness (QED) is 0.112. The van der Waals surface area contributed by atoms with Crippen LogP contribution in [0.2, 0.25) is 0 Å². The SMILES string of the molecule is O=P(c1ccc2ccccc2n1)(c1ccc2ccc3cccc4ccc1c2c34)c1ccc2ccc3c(-c4ccc5ccc6[c]([PoH]([c]7ccc8c9ccccc9n(-c9ccccc9)c8c7)[c]7ccc8ccc9cccc%10ccc7c8c9%10)ccc7ccc4c5c76)ccc4ccc1c2c43. The normalized spacial score (nSPS) is 13.7. The zero-order valence-corrected chi connectivity index (χ0v) is 56.1. The fourth-order valence-corrected chi connectivity index (χ4v) is 30.4. The van der Waals surface area contributed by atoms with Gasteiger partial charge in [-0.05, 0) is 56.6 Å². The van der Waals surface area contributed by atoms with E-state index in [1.54, 1.807) is 0 Å². The number of hydrogen-bond acceptors (Lipinski definition) is 2. The maximum atomic E-state index is 17.6. The molecule has 0 spiro atoms. The van der Waals surface area contributed by atoms with E-state index in [0.29, 0.717) is 5.44 Å². The first-order valence-corrected chi connectivity index (χ1v) is 40.0. The fraction of sp³-hybridized carbons (Fsp3) is 0. The van der Waals surface area contributed by atoms with Crippen molar-refractivity contribution in [2.75, 3.05) is 0 Å². The second-order valence-corrected chi connectivity index (χ2v) is 37.3. The van der Waals surface area contributed by atoms with Crippen LogP contribution in [0.1, 0.15) is 0 Å². The first-order valence-electron chi connectivity index (χ1n) is 33.1. The summed E-state index contributed by atoms with van der Waals surface area (Å²) < 4.78 is 24.5. The number of aromatic nitrogens is 2. The average Bonchev–Trinajstić information content (AvgIpc) is 0.849. The van der Waals surface area contributed by atoms with E-state index in [1.165, 1.54) is 140 Å². The molecule has 0 saturated heterocycles. The van der Waals surface area contributed by atoms with Crippen LogP contribution in [0.25, 0.3) is 179 Å². The van der Waals surface area contributed by atoms with Gasteiger partial charge in [0.1, 0.15) is 5.44 Å². The van der Waals surface area contributed by atoms with E-state index in [4.69, 9.17) is 4.98 Å². The van der Waals surface area contributed by atoms with Gasteiger partial charge in [-0.25, -0.2) is 4.98 Å². The molecule has 2 aromatic heterocycles. The van der Waals surface area contributed by atoms with Crippen LogP contribution in [-0.4, -0.2) is 31.6 Å². The number of nitrogens with zero attached hydrogens (tertiary/aromatic N) is 2. The van der Waals surface area contributed by atoms with Crippen molar-refractivity contribution in [2.24, 2.45) is 0 Å². The Balaban J connectivity index is 0.767. The monoisotopic (exact) mass is 1430 g/mol. The summed E-state index contributed by atoms with van der Waals surface area (Å²) in [5.74, 6) is 0. The minimum absolute atomic E-state index is 0.586. The molecule has 2 unspecified atom stereocenters. The minimum atomic E-state index is -3.75. The molecule has 5 heteroatoms. The molecule has 22 rings (SSSR count). The average molecular weight is 1430 g/mol. The third-order valence-corrected chi connectivity index (χ3v) is 34.5. The summed E-state index contributed by atoms with van der Waals surface area (Å²) in [5.41, 5.74) is 7.41. The van der Waals surface area contributed by atoms with E-state index < -0.39 is 29.2 Å². The number of rotatable bonds is 8. The molecule has 0 aliphatic rings. The van der Waals surface area contributed by atoms with Crippen LogP contribution in [0.15, 0.2) is 315 Å². The van der Waals surface area contributed by atoms with Gasteiger partial charge in [0, 0.05) is 10.7 Å². The predicted molar refractivity (Wildman–Crippen MR) is 415 cm³/mol. The molecule has 2 atom stereocenters. The van der Waals surface area contributed by atoms with Crippen LogP contribution in [0, 0.1) is 0 Å². The number of fused-ring (bicyclic) bond motifs is 4. The number of para-hydroxylation sites is 3. The molecule has 20 aromatic carbocycles. The van der Waals surface area contributed by atoms with E-state index in [-0.39, 0.29) is 0 Å². The molecule has 0 bridgehead atoms. The topological polar surface area (TPSA) is 34.9 Å². The zero-order chi connectivity index (χ0) is 62.6. The summed E-state index contributed by atoms with van der Waals surface area (Å²) in [7, 11) is -3.75. The number of hydrogen-bond donors (Lipinski definition) is 0. The molecule has 22 aromatic rings. The third-order valence-electron chi connectivity index (χ3n) is 21.6. The first-order chi connectivity index (χ1) is 47.5. The van der Waals surface area contributed by atoms with Gasteiger partial charge in [-0.3, -0.25) is 0 Å². The molecule has 0 radical (unpaired) electrons. The molecule has 0 saturated carbocycles. The van der Waals surface area contributed by atoms with Crippen molar-refractivity contribution in [3.05, 3.63) is 315 Å². The van der Waals surface area contributed by atoms with Gasteiger partial charge in [0.05, 0.1) is 5.52 Å². The Morgan fingerprint density at radius 2 is 0.656 bits per heavy atom. The van der Waals surface area contributed by atoms with Gasteiger partial charge in [-0.2, -0.15) is 0 Å². The van der Waals surface area contributed by atoms with Crippen molar-refractivity contribution in [1.29, 1.82) is 0 Å². The Hall–Kier alpha value is -11.1. The summed E-state index contributed by atoms with van der Waals surface area (Å²) in [5, 5.41) is 34.4. The molecular weight excluding hydrogens is 1380 g/mol.